The number of likely N-dealkylation sites (tertiary alicyclic amines) is 1. The Hall–Kier alpha value is -1.38. The predicted molar refractivity (Wildman–Crippen MR) is 75.7 cm³/mol. The molecule has 5 nitrogen and oxygen atoms in total. The van der Waals surface area contributed by atoms with Gasteiger partial charge in [0.25, 0.3) is 5.56 Å². The first-order valence-electron chi connectivity index (χ1n) is 7.05. The van der Waals surface area contributed by atoms with Gasteiger partial charge in [0, 0.05) is 39.0 Å². The summed E-state index contributed by atoms with van der Waals surface area (Å²) in [7, 11) is 3.26. The standard InChI is InChI=1S/C14H20F3N3O2/c1-18-9-20-6-10(3-4-19-7-11(8-19)22-2)12(5-13(20)21)14(15,16)17/h5-6,11,18H,3-4,7-9H2,1-2H3. The van der Waals surface area contributed by atoms with E-state index in [1.807, 2.05) is 4.90 Å². The fraction of sp³-hybridized carbons (Fsp3) is 0.643. The molecular formula is C14H20F3N3O2. The van der Waals surface area contributed by atoms with Crippen molar-refractivity contribution in [1.29, 1.82) is 0 Å². The lowest BCUT2D eigenvalue weighted by molar-refractivity contribution is -0.138. The number of aromatic nitrogens is 1. The third-order valence-corrected chi connectivity index (χ3v) is 3.80. The van der Waals surface area contributed by atoms with Crippen LogP contribution in [-0.2, 0) is 24.0 Å². The first kappa shape index (κ1) is 17.0. The highest BCUT2D eigenvalue weighted by Gasteiger charge is 2.34. The summed E-state index contributed by atoms with van der Waals surface area (Å²) in [6, 6.07) is 0.681. The van der Waals surface area contributed by atoms with E-state index in [0.29, 0.717) is 12.6 Å². The lowest BCUT2D eigenvalue weighted by Crippen LogP contribution is -2.52. The minimum atomic E-state index is -4.52. The Morgan fingerprint density at radius 3 is 2.64 bits per heavy atom. The van der Waals surface area contributed by atoms with Crippen molar-refractivity contribution >= 4 is 0 Å². The van der Waals surface area contributed by atoms with Crippen molar-refractivity contribution in [3.8, 4) is 0 Å². The summed E-state index contributed by atoms with van der Waals surface area (Å²) in [5.41, 5.74) is -1.36. The highest BCUT2D eigenvalue weighted by Crippen LogP contribution is 2.31. The SMILES string of the molecule is CNCn1cc(CCN2CC(OC)C2)c(C(F)(F)F)cc1=O. The molecule has 22 heavy (non-hydrogen) atoms. The van der Waals surface area contributed by atoms with E-state index < -0.39 is 17.3 Å². The van der Waals surface area contributed by atoms with E-state index in [2.05, 4.69) is 5.32 Å². The van der Waals surface area contributed by atoms with E-state index in [0.717, 1.165) is 13.1 Å². The molecule has 0 radical (unpaired) electrons. The Morgan fingerprint density at radius 1 is 1.41 bits per heavy atom. The quantitative estimate of drug-likeness (QED) is 0.847. The highest BCUT2D eigenvalue weighted by atomic mass is 19.4. The van der Waals surface area contributed by atoms with Gasteiger partial charge < -0.3 is 14.6 Å². The number of rotatable bonds is 6. The first-order valence-corrected chi connectivity index (χ1v) is 7.05. The number of ether oxygens (including phenoxy) is 1. The van der Waals surface area contributed by atoms with Crippen molar-refractivity contribution in [2.45, 2.75) is 25.4 Å². The Balaban J connectivity index is 2.16. The summed E-state index contributed by atoms with van der Waals surface area (Å²) in [5, 5.41) is 2.77. The number of hydrogen-bond donors (Lipinski definition) is 1. The molecule has 1 aromatic heterocycles. The molecule has 0 aromatic carbocycles. The number of alkyl halides is 3. The van der Waals surface area contributed by atoms with Gasteiger partial charge in [0.2, 0.25) is 0 Å². The van der Waals surface area contributed by atoms with E-state index in [1.165, 1.54) is 10.8 Å². The van der Waals surface area contributed by atoms with Crippen molar-refractivity contribution in [3.05, 3.63) is 33.7 Å². The number of nitrogens with one attached hydrogen (secondary N) is 1. The number of halogens is 3. The van der Waals surface area contributed by atoms with Crippen LogP contribution in [-0.4, -0.2) is 49.4 Å². The van der Waals surface area contributed by atoms with Gasteiger partial charge in [0.1, 0.15) is 0 Å². The molecule has 0 aliphatic carbocycles. The van der Waals surface area contributed by atoms with Crippen LogP contribution in [0.3, 0.4) is 0 Å². The molecule has 0 amide bonds. The van der Waals surface area contributed by atoms with Crippen LogP contribution in [0.1, 0.15) is 11.1 Å². The maximum absolute atomic E-state index is 13.1. The van der Waals surface area contributed by atoms with Gasteiger partial charge >= 0.3 is 6.18 Å². The molecule has 1 saturated heterocycles. The number of pyridine rings is 1. The Bertz CT molecular complexity index is 565. The lowest BCUT2D eigenvalue weighted by Gasteiger charge is -2.38. The van der Waals surface area contributed by atoms with Crippen LogP contribution in [0.4, 0.5) is 13.2 Å². The fourth-order valence-electron chi connectivity index (χ4n) is 2.51. The van der Waals surface area contributed by atoms with Crippen LogP contribution in [0.2, 0.25) is 0 Å². The number of hydrogen-bond acceptors (Lipinski definition) is 4. The van der Waals surface area contributed by atoms with Gasteiger partial charge in [-0.25, -0.2) is 0 Å². The van der Waals surface area contributed by atoms with Crippen molar-refractivity contribution in [2.24, 2.45) is 0 Å². The van der Waals surface area contributed by atoms with Crippen LogP contribution in [0, 0.1) is 0 Å². The van der Waals surface area contributed by atoms with Gasteiger partial charge in [0.05, 0.1) is 18.3 Å². The molecule has 0 bridgehead atoms. The predicted octanol–water partition coefficient (Wildman–Crippen LogP) is 0.917. The molecule has 0 unspecified atom stereocenters. The van der Waals surface area contributed by atoms with Crippen LogP contribution < -0.4 is 10.9 Å². The van der Waals surface area contributed by atoms with Crippen LogP contribution in [0.5, 0.6) is 0 Å². The minimum absolute atomic E-state index is 0.142. The van der Waals surface area contributed by atoms with E-state index in [1.54, 1.807) is 14.2 Å². The molecule has 8 heteroatoms. The molecule has 0 spiro atoms. The van der Waals surface area contributed by atoms with Gasteiger partial charge in [-0.2, -0.15) is 13.2 Å². The summed E-state index contributed by atoms with van der Waals surface area (Å²) in [6.45, 7) is 2.15. The zero-order valence-electron chi connectivity index (χ0n) is 12.6. The van der Waals surface area contributed by atoms with Crippen LogP contribution in [0.25, 0.3) is 0 Å². The second kappa shape index (κ2) is 6.80. The summed E-state index contributed by atoms with van der Waals surface area (Å²) in [4.78, 5) is 13.7. The largest absolute Gasteiger partial charge is 0.416 e. The average Bonchev–Trinajstić information content (AvgIpc) is 2.39. The first-order chi connectivity index (χ1) is 10.3. The topological polar surface area (TPSA) is 46.5 Å². The molecule has 1 aliphatic heterocycles. The molecular weight excluding hydrogens is 299 g/mol. The molecule has 1 aromatic rings. The zero-order chi connectivity index (χ0) is 16.3. The Morgan fingerprint density at radius 2 is 2.09 bits per heavy atom. The van der Waals surface area contributed by atoms with Gasteiger partial charge in [0.15, 0.2) is 0 Å². The summed E-state index contributed by atoms with van der Waals surface area (Å²) < 4.78 is 45.6. The highest BCUT2D eigenvalue weighted by molar-refractivity contribution is 5.27. The number of methoxy groups -OCH3 is 1. The Labute approximate surface area is 126 Å². The average molecular weight is 319 g/mol. The lowest BCUT2D eigenvalue weighted by atomic mass is 10.0. The van der Waals surface area contributed by atoms with Crippen LogP contribution in [0.15, 0.2) is 17.1 Å². The van der Waals surface area contributed by atoms with Crippen molar-refractivity contribution in [2.75, 3.05) is 33.8 Å². The fourth-order valence-corrected chi connectivity index (χ4v) is 2.51. The number of nitrogens with zero attached hydrogens (tertiary/aromatic N) is 2. The molecule has 2 rings (SSSR count). The molecule has 1 N–H and O–H groups in total. The summed E-state index contributed by atoms with van der Waals surface area (Å²) in [5.74, 6) is 0. The minimum Gasteiger partial charge on any atom is -0.379 e. The third-order valence-electron chi connectivity index (χ3n) is 3.80. The molecule has 0 atom stereocenters. The van der Waals surface area contributed by atoms with Gasteiger partial charge in [-0.05, 0) is 19.0 Å². The maximum Gasteiger partial charge on any atom is 0.416 e. The van der Waals surface area contributed by atoms with E-state index in [-0.39, 0.29) is 24.8 Å². The molecule has 124 valence electrons. The van der Waals surface area contributed by atoms with E-state index in [9.17, 15) is 18.0 Å². The van der Waals surface area contributed by atoms with E-state index >= 15 is 0 Å². The second-order valence-electron chi connectivity index (χ2n) is 5.40. The molecule has 0 saturated carbocycles. The van der Waals surface area contributed by atoms with Gasteiger partial charge in [-0.1, -0.05) is 0 Å². The zero-order valence-corrected chi connectivity index (χ0v) is 12.6. The Kier molecular flexibility index (Phi) is 5.25. The third kappa shape index (κ3) is 3.88. The van der Waals surface area contributed by atoms with Crippen molar-refractivity contribution in [1.82, 2.24) is 14.8 Å². The second-order valence-corrected chi connectivity index (χ2v) is 5.40. The normalized spacial score (nSPS) is 16.8. The van der Waals surface area contributed by atoms with Crippen molar-refractivity contribution < 1.29 is 17.9 Å². The van der Waals surface area contributed by atoms with Gasteiger partial charge in [-0.3, -0.25) is 9.69 Å². The molecule has 1 aliphatic rings. The monoisotopic (exact) mass is 319 g/mol. The van der Waals surface area contributed by atoms with E-state index in [4.69, 9.17) is 4.74 Å². The molecule has 1 fully saturated rings. The summed E-state index contributed by atoms with van der Waals surface area (Å²) in [6.07, 6.45) is -2.80. The summed E-state index contributed by atoms with van der Waals surface area (Å²) >= 11 is 0. The van der Waals surface area contributed by atoms with Crippen LogP contribution >= 0.6 is 0 Å². The smallest absolute Gasteiger partial charge is 0.379 e. The molecule has 2 heterocycles. The van der Waals surface area contributed by atoms with Crippen molar-refractivity contribution in [3.63, 3.8) is 0 Å². The maximum atomic E-state index is 13.1. The van der Waals surface area contributed by atoms with Gasteiger partial charge in [-0.15, -0.1) is 0 Å².